The monoisotopic (exact) mass is 1120 g/mol. The van der Waals surface area contributed by atoms with Gasteiger partial charge in [0.15, 0.2) is 5.75 Å². The minimum absolute atomic E-state index is 0. The van der Waals surface area contributed by atoms with E-state index in [1.807, 2.05) is 13.8 Å². The Balaban J connectivity index is 0.000000241. The van der Waals surface area contributed by atoms with Gasteiger partial charge in [-0.05, 0) is 135 Å². The van der Waals surface area contributed by atoms with E-state index in [2.05, 4.69) is 31.1 Å². The number of benzene rings is 8. The Hall–Kier alpha value is -6.72. The van der Waals surface area contributed by atoms with Gasteiger partial charge in [0, 0.05) is 27.7 Å². The summed E-state index contributed by atoms with van der Waals surface area (Å²) in [5.41, 5.74) is 1.63. The number of anilines is 2. The van der Waals surface area contributed by atoms with Gasteiger partial charge in [-0.1, -0.05) is 77.5 Å². The van der Waals surface area contributed by atoms with E-state index in [-0.39, 0.29) is 98.5 Å². The van der Waals surface area contributed by atoms with Crippen LogP contribution in [0.5, 0.6) is 23.0 Å². The van der Waals surface area contributed by atoms with E-state index in [4.69, 9.17) is 32.7 Å². The quantitative estimate of drug-likeness (QED) is 0.0449. The summed E-state index contributed by atoms with van der Waals surface area (Å²) in [7, 11) is -9.30. The van der Waals surface area contributed by atoms with Gasteiger partial charge in [0.05, 0.1) is 50.8 Å². The van der Waals surface area contributed by atoms with Crippen LogP contribution in [0.1, 0.15) is 45.7 Å². The molecular weight excluding hydrogens is 1080 g/mol. The number of nitrogens with one attached hydrogen (secondary N) is 2. The molecule has 2 amide bonds. The van der Waals surface area contributed by atoms with Crippen LogP contribution in [-0.4, -0.2) is 93.8 Å². The molecule has 0 radical (unpaired) electrons. The van der Waals surface area contributed by atoms with Crippen molar-refractivity contribution in [2.24, 2.45) is 20.5 Å². The topological polar surface area (TPSA) is 281 Å². The van der Waals surface area contributed by atoms with E-state index in [0.717, 1.165) is 12.1 Å². The molecule has 0 atom stereocenters. The molecule has 0 bridgehead atoms. The number of carbonyl (C=O) groups is 2. The molecule has 8 aromatic carbocycles. The molecule has 0 spiro atoms. The van der Waals surface area contributed by atoms with Crippen molar-refractivity contribution in [3.63, 3.8) is 0 Å². The number of hydrogen-bond donors (Lipinski definition) is 4. The molecule has 0 aromatic heterocycles. The molecule has 0 saturated heterocycles. The maximum atomic E-state index is 13.3. The zero-order valence-electron chi connectivity index (χ0n) is 40.2. The Morgan fingerprint density at radius 2 is 1.01 bits per heavy atom. The second-order valence-corrected chi connectivity index (χ2v) is 19.4. The molecule has 75 heavy (non-hydrogen) atoms. The predicted molar refractivity (Wildman–Crippen MR) is 284 cm³/mol. The Morgan fingerprint density at radius 1 is 0.600 bits per heavy atom. The van der Waals surface area contributed by atoms with Crippen LogP contribution in [-0.2, 0) is 20.2 Å². The SMILES string of the molecule is CCOc1ccc(NC(=O)c2cc3ccccc3c(N=Nc3ccc(S(=O)(=O)O)c(Cl)c3C)c2O)cc1.CCOc1ccc(NC(=O)c2cc3ccccc3c(N=Nc3ccc(S(=O)(=O)[O-])c(Cl)c3C)c2[O-])cc1.[Ca+2]. The van der Waals surface area contributed by atoms with E-state index in [1.54, 1.807) is 103 Å². The molecule has 0 fully saturated rings. The average Bonchev–Trinajstić information content (AvgIpc) is 3.36. The van der Waals surface area contributed by atoms with Crippen molar-refractivity contribution >= 4 is 149 Å². The van der Waals surface area contributed by atoms with E-state index in [1.165, 1.54) is 32.0 Å². The third kappa shape index (κ3) is 13.6. The van der Waals surface area contributed by atoms with Gasteiger partial charge in [0.25, 0.3) is 21.9 Å². The second-order valence-electron chi connectivity index (χ2n) is 15.9. The number of carbonyl (C=O) groups excluding carboxylic acids is 2. The normalized spacial score (nSPS) is 11.5. The number of halogens is 2. The Kier molecular flexibility index (Phi) is 19.0. The minimum Gasteiger partial charge on any atom is -0.870 e. The third-order valence-electron chi connectivity index (χ3n) is 11.0. The van der Waals surface area contributed by atoms with Crippen LogP contribution in [0.2, 0.25) is 10.0 Å². The number of aromatic hydroxyl groups is 1. The van der Waals surface area contributed by atoms with Crippen molar-refractivity contribution in [2.45, 2.75) is 37.5 Å². The number of phenols is 1. The van der Waals surface area contributed by atoms with E-state index < -0.39 is 47.6 Å². The molecule has 0 aliphatic rings. The Bertz CT molecular complexity index is 3530. The summed E-state index contributed by atoms with van der Waals surface area (Å²) in [5.74, 6) is -0.898. The van der Waals surface area contributed by atoms with Crippen molar-refractivity contribution in [3.05, 3.63) is 166 Å². The van der Waals surface area contributed by atoms with Gasteiger partial charge in [0.1, 0.15) is 32.2 Å². The van der Waals surface area contributed by atoms with Gasteiger partial charge in [-0.25, -0.2) is 8.42 Å². The summed E-state index contributed by atoms with van der Waals surface area (Å²) >= 11 is 12.2. The number of hydrogen-bond acceptors (Lipinski definition) is 15. The average molecular weight is 1120 g/mol. The van der Waals surface area contributed by atoms with Gasteiger partial charge < -0.3 is 34.9 Å². The molecule has 0 unspecified atom stereocenters. The van der Waals surface area contributed by atoms with Crippen LogP contribution in [0, 0.1) is 13.8 Å². The third-order valence-corrected chi connectivity index (χ3v) is 14.0. The van der Waals surface area contributed by atoms with Gasteiger partial charge in [-0.15, -0.1) is 5.11 Å². The Labute approximate surface area is 470 Å². The first-order valence-electron chi connectivity index (χ1n) is 22.1. The molecule has 0 aliphatic heterocycles. The maximum Gasteiger partial charge on any atom is 2.00 e. The van der Waals surface area contributed by atoms with Crippen LogP contribution in [0.3, 0.4) is 0 Å². The number of ether oxygens (including phenoxy) is 2. The molecule has 8 rings (SSSR count). The molecule has 0 heterocycles. The van der Waals surface area contributed by atoms with Crippen LogP contribution in [0.25, 0.3) is 21.5 Å². The van der Waals surface area contributed by atoms with Crippen LogP contribution < -0.4 is 25.2 Å². The predicted octanol–water partition coefficient (Wildman–Crippen LogP) is 12.3. The fourth-order valence-corrected chi connectivity index (χ4v) is 9.41. The maximum absolute atomic E-state index is 13.3. The van der Waals surface area contributed by atoms with Crippen molar-refractivity contribution in [3.8, 4) is 23.0 Å². The number of phenolic OH excluding ortho intramolecular Hbond substituents is 1. The van der Waals surface area contributed by atoms with Crippen molar-refractivity contribution in [1.82, 2.24) is 0 Å². The molecule has 0 saturated carbocycles. The first kappa shape index (κ1) is 57.6. The molecule has 23 heteroatoms. The molecule has 0 aliphatic carbocycles. The van der Waals surface area contributed by atoms with Crippen molar-refractivity contribution in [2.75, 3.05) is 23.8 Å². The number of azo groups is 2. The zero-order valence-corrected chi connectivity index (χ0v) is 45.5. The molecule has 4 N–H and O–H groups in total. The number of amides is 2. The van der Waals surface area contributed by atoms with E-state index in [9.17, 15) is 45.7 Å². The summed E-state index contributed by atoms with van der Waals surface area (Å²) in [6, 6.07) is 35.2. The van der Waals surface area contributed by atoms with Gasteiger partial charge in [0.2, 0.25) is 0 Å². The molecule has 380 valence electrons. The standard InChI is InChI=1S/2C26H22ClN3O6S.Ca/c2*1-3-36-18-10-8-17(9-11-18)28-26(32)20-14-16-6-4-5-7-19(16)24(25(20)31)30-29-21-12-13-22(37(33,34)35)23(27)15(21)2;/h2*4-14,31H,3H2,1-2H3,(H,28,32)(H,33,34,35);/q;;+2/p-2. The first-order chi connectivity index (χ1) is 35.2. The van der Waals surface area contributed by atoms with E-state index in [0.29, 0.717) is 57.6 Å². The van der Waals surface area contributed by atoms with Crippen molar-refractivity contribution in [1.29, 1.82) is 0 Å². The summed E-state index contributed by atoms with van der Waals surface area (Å²) < 4.78 is 77.3. The minimum atomic E-state index is -4.78. The summed E-state index contributed by atoms with van der Waals surface area (Å²) in [6.07, 6.45) is 0. The molecular formula is C52H42CaCl2N6O12S2. The Morgan fingerprint density at radius 3 is 1.48 bits per heavy atom. The largest absolute Gasteiger partial charge is 2.00 e. The second kappa shape index (κ2) is 24.7. The smallest absolute Gasteiger partial charge is 0.870 e. The van der Waals surface area contributed by atoms with Gasteiger partial charge in [-0.3, -0.25) is 14.1 Å². The van der Waals surface area contributed by atoms with Crippen LogP contribution >= 0.6 is 23.2 Å². The summed E-state index contributed by atoms with van der Waals surface area (Å²) in [4.78, 5) is 25.1. The summed E-state index contributed by atoms with van der Waals surface area (Å²) in [6.45, 7) is 7.75. The first-order valence-corrected chi connectivity index (χ1v) is 25.7. The van der Waals surface area contributed by atoms with Crippen molar-refractivity contribution < 1.29 is 55.2 Å². The number of rotatable bonds is 14. The van der Waals surface area contributed by atoms with Crippen LogP contribution in [0.4, 0.5) is 34.1 Å². The zero-order chi connectivity index (χ0) is 53.5. The van der Waals surface area contributed by atoms with Crippen LogP contribution in [0.15, 0.2) is 164 Å². The summed E-state index contributed by atoms with van der Waals surface area (Å²) in [5, 5.41) is 48.1. The van der Waals surface area contributed by atoms with Gasteiger partial charge >= 0.3 is 37.7 Å². The fourth-order valence-electron chi connectivity index (χ4n) is 7.29. The number of fused-ring (bicyclic) bond motifs is 2. The van der Waals surface area contributed by atoms with E-state index >= 15 is 0 Å². The fraction of sp³-hybridized carbons (Fsp3) is 0.115. The van der Waals surface area contributed by atoms with Gasteiger partial charge in [-0.2, -0.15) is 23.8 Å². The molecule has 18 nitrogen and oxygen atoms in total. The number of nitrogens with zero attached hydrogens (tertiary/aromatic N) is 4. The molecule has 8 aromatic rings.